The van der Waals surface area contributed by atoms with Crippen LogP contribution in [0.2, 0.25) is 0 Å². The van der Waals surface area contributed by atoms with E-state index in [-0.39, 0.29) is 30.3 Å². The summed E-state index contributed by atoms with van der Waals surface area (Å²) in [7, 11) is 1.69. The van der Waals surface area contributed by atoms with Crippen LogP contribution in [0.15, 0.2) is 48.5 Å². The van der Waals surface area contributed by atoms with Crippen molar-refractivity contribution in [2.24, 2.45) is 0 Å². The average molecular weight is 341 g/mol. The van der Waals surface area contributed by atoms with Crippen LogP contribution >= 0.6 is 0 Å². The summed E-state index contributed by atoms with van der Waals surface area (Å²) in [5, 5.41) is 0. The van der Waals surface area contributed by atoms with Crippen molar-refractivity contribution in [2.45, 2.75) is 39.2 Å². The Hall–Kier alpha value is -2.49. The molecule has 0 unspecified atom stereocenters. The first-order valence-electron chi connectivity index (χ1n) is 8.60. The summed E-state index contributed by atoms with van der Waals surface area (Å²) >= 11 is 0. The zero-order chi connectivity index (χ0) is 18.2. The lowest BCUT2D eigenvalue weighted by Gasteiger charge is -2.17. The Balaban J connectivity index is 1.83. The number of carbonyl (C=O) groups is 2. The number of halogens is 1. The number of rotatable bonds is 8. The molecule has 0 aliphatic rings. The van der Waals surface area contributed by atoms with E-state index in [1.165, 1.54) is 17.7 Å². The molecule has 0 spiro atoms. The van der Waals surface area contributed by atoms with Crippen LogP contribution in [0.1, 0.15) is 47.7 Å². The van der Waals surface area contributed by atoms with Gasteiger partial charge in [0, 0.05) is 32.0 Å². The Bertz CT molecular complexity index is 708. The third-order valence-electron chi connectivity index (χ3n) is 4.14. The van der Waals surface area contributed by atoms with Crippen LogP contribution in [-0.4, -0.2) is 23.6 Å². The number of ketones is 1. The zero-order valence-corrected chi connectivity index (χ0v) is 14.8. The van der Waals surface area contributed by atoms with Gasteiger partial charge in [-0.25, -0.2) is 4.39 Å². The Morgan fingerprint density at radius 3 is 2.12 bits per heavy atom. The molecule has 2 aromatic carbocycles. The van der Waals surface area contributed by atoms with Gasteiger partial charge in [0.05, 0.1) is 0 Å². The number of nitrogens with zero attached hydrogens (tertiary/aromatic N) is 1. The number of benzene rings is 2. The molecular formula is C21H24FNO2. The van der Waals surface area contributed by atoms with E-state index in [9.17, 15) is 14.0 Å². The fraction of sp³-hybridized carbons (Fsp3) is 0.333. The number of amides is 1. The van der Waals surface area contributed by atoms with Gasteiger partial charge in [0.2, 0.25) is 5.91 Å². The van der Waals surface area contributed by atoms with E-state index in [2.05, 4.69) is 6.92 Å². The highest BCUT2D eigenvalue weighted by atomic mass is 19.1. The topological polar surface area (TPSA) is 37.4 Å². The first kappa shape index (κ1) is 18.8. The number of carbonyl (C=O) groups excluding carboxylic acids is 2. The van der Waals surface area contributed by atoms with Crippen LogP contribution < -0.4 is 0 Å². The summed E-state index contributed by atoms with van der Waals surface area (Å²) in [6, 6.07) is 13.7. The number of Topliss-reactive ketones (excluding diaryl/α,β-unsaturated/α-hetero) is 1. The lowest BCUT2D eigenvalue weighted by atomic mass is 10.0. The minimum atomic E-state index is -0.298. The van der Waals surface area contributed by atoms with Crippen LogP contribution in [-0.2, 0) is 17.8 Å². The lowest BCUT2D eigenvalue weighted by Crippen LogP contribution is -2.26. The smallest absolute Gasteiger partial charge is 0.223 e. The van der Waals surface area contributed by atoms with Gasteiger partial charge in [0.15, 0.2) is 5.78 Å². The van der Waals surface area contributed by atoms with Crippen LogP contribution in [0.25, 0.3) is 0 Å². The minimum absolute atomic E-state index is 0.0217. The molecule has 132 valence electrons. The maximum absolute atomic E-state index is 12.9. The second kappa shape index (κ2) is 9.11. The molecule has 0 saturated heterocycles. The van der Waals surface area contributed by atoms with Gasteiger partial charge in [-0.2, -0.15) is 0 Å². The van der Waals surface area contributed by atoms with Crippen molar-refractivity contribution in [2.75, 3.05) is 7.05 Å². The molecule has 1 amide bonds. The summed E-state index contributed by atoms with van der Waals surface area (Å²) in [4.78, 5) is 26.0. The SMILES string of the molecule is CCCc1ccc(C(=O)CCC(=O)N(C)Cc2ccc(F)cc2)cc1. The highest BCUT2D eigenvalue weighted by molar-refractivity contribution is 5.97. The Morgan fingerprint density at radius 2 is 1.52 bits per heavy atom. The third kappa shape index (κ3) is 5.82. The molecule has 2 aromatic rings. The maximum atomic E-state index is 12.9. The van der Waals surface area contributed by atoms with Crippen LogP contribution in [0.3, 0.4) is 0 Å². The van der Waals surface area contributed by atoms with E-state index in [1.54, 1.807) is 24.1 Å². The second-order valence-electron chi connectivity index (χ2n) is 6.25. The van der Waals surface area contributed by atoms with E-state index < -0.39 is 0 Å². The molecule has 0 aliphatic carbocycles. The summed E-state index contributed by atoms with van der Waals surface area (Å²) in [5.74, 6) is -0.417. The number of hydrogen-bond donors (Lipinski definition) is 0. The van der Waals surface area contributed by atoms with Gasteiger partial charge in [0.1, 0.15) is 5.82 Å². The zero-order valence-electron chi connectivity index (χ0n) is 14.8. The fourth-order valence-corrected chi connectivity index (χ4v) is 2.65. The van der Waals surface area contributed by atoms with E-state index >= 15 is 0 Å². The van der Waals surface area contributed by atoms with Crippen LogP contribution in [0, 0.1) is 5.82 Å². The minimum Gasteiger partial charge on any atom is -0.341 e. The summed E-state index contributed by atoms with van der Waals surface area (Å²) in [6.07, 6.45) is 2.44. The van der Waals surface area contributed by atoms with Crippen LogP contribution in [0.5, 0.6) is 0 Å². The monoisotopic (exact) mass is 341 g/mol. The Kier molecular flexibility index (Phi) is 6.87. The van der Waals surface area contributed by atoms with Crippen molar-refractivity contribution in [3.8, 4) is 0 Å². The summed E-state index contributed by atoms with van der Waals surface area (Å²) < 4.78 is 12.9. The van der Waals surface area contributed by atoms with E-state index in [4.69, 9.17) is 0 Å². The van der Waals surface area contributed by atoms with Crippen molar-refractivity contribution in [3.05, 3.63) is 71.0 Å². The molecule has 0 aromatic heterocycles. The fourth-order valence-electron chi connectivity index (χ4n) is 2.65. The van der Waals surface area contributed by atoms with Gasteiger partial charge in [-0.05, 0) is 29.7 Å². The quantitative estimate of drug-likeness (QED) is 0.667. The van der Waals surface area contributed by atoms with Gasteiger partial charge >= 0.3 is 0 Å². The molecule has 0 fully saturated rings. The molecule has 0 heterocycles. The Morgan fingerprint density at radius 1 is 0.920 bits per heavy atom. The molecule has 0 atom stereocenters. The standard InChI is InChI=1S/C21H24FNO2/c1-3-4-16-5-9-18(10-6-16)20(24)13-14-21(25)23(2)15-17-7-11-19(22)12-8-17/h5-12H,3-4,13-15H2,1-2H3. The predicted molar refractivity (Wildman–Crippen MR) is 96.9 cm³/mol. The van der Waals surface area contributed by atoms with Gasteiger partial charge in [-0.3, -0.25) is 9.59 Å². The van der Waals surface area contributed by atoms with E-state index in [0.717, 1.165) is 18.4 Å². The Labute approximate surface area is 148 Å². The molecule has 4 heteroatoms. The average Bonchev–Trinajstić information content (AvgIpc) is 2.62. The molecule has 0 bridgehead atoms. The van der Waals surface area contributed by atoms with Crippen molar-refractivity contribution in [1.82, 2.24) is 4.90 Å². The molecular weight excluding hydrogens is 317 g/mol. The first-order valence-corrected chi connectivity index (χ1v) is 8.60. The predicted octanol–water partition coefficient (Wildman–Crippen LogP) is 4.40. The second-order valence-corrected chi connectivity index (χ2v) is 6.25. The molecule has 25 heavy (non-hydrogen) atoms. The van der Waals surface area contributed by atoms with Crippen molar-refractivity contribution < 1.29 is 14.0 Å². The van der Waals surface area contributed by atoms with Crippen molar-refractivity contribution in [3.63, 3.8) is 0 Å². The number of hydrogen-bond acceptors (Lipinski definition) is 2. The van der Waals surface area contributed by atoms with E-state index in [1.807, 2.05) is 24.3 Å². The maximum Gasteiger partial charge on any atom is 0.223 e. The molecule has 0 aliphatic heterocycles. The first-order chi connectivity index (χ1) is 12.0. The molecule has 3 nitrogen and oxygen atoms in total. The van der Waals surface area contributed by atoms with Crippen LogP contribution in [0.4, 0.5) is 4.39 Å². The normalized spacial score (nSPS) is 10.5. The van der Waals surface area contributed by atoms with E-state index in [0.29, 0.717) is 12.1 Å². The lowest BCUT2D eigenvalue weighted by molar-refractivity contribution is -0.130. The highest BCUT2D eigenvalue weighted by Gasteiger charge is 2.13. The summed E-state index contributed by atoms with van der Waals surface area (Å²) in [6.45, 7) is 2.52. The van der Waals surface area contributed by atoms with Gasteiger partial charge in [0.25, 0.3) is 0 Å². The van der Waals surface area contributed by atoms with Crippen molar-refractivity contribution >= 4 is 11.7 Å². The van der Waals surface area contributed by atoms with Crippen molar-refractivity contribution in [1.29, 1.82) is 0 Å². The van der Waals surface area contributed by atoms with Gasteiger partial charge < -0.3 is 4.90 Å². The third-order valence-corrected chi connectivity index (χ3v) is 4.14. The largest absolute Gasteiger partial charge is 0.341 e. The molecule has 0 saturated carbocycles. The number of aryl methyl sites for hydroxylation is 1. The molecule has 0 N–H and O–H groups in total. The van der Waals surface area contributed by atoms with Gasteiger partial charge in [-0.1, -0.05) is 49.7 Å². The molecule has 2 rings (SSSR count). The molecule has 0 radical (unpaired) electrons. The summed E-state index contributed by atoms with van der Waals surface area (Å²) in [5.41, 5.74) is 2.72. The van der Waals surface area contributed by atoms with Gasteiger partial charge in [-0.15, -0.1) is 0 Å². The highest BCUT2D eigenvalue weighted by Crippen LogP contribution is 2.12.